The Morgan fingerprint density at radius 3 is 2.70 bits per heavy atom. The molecule has 2 amide bonds. The highest BCUT2D eigenvalue weighted by Gasteiger charge is 2.26. The monoisotopic (exact) mass is 404 g/mol. The molecule has 0 spiro atoms. The summed E-state index contributed by atoms with van der Waals surface area (Å²) in [6, 6.07) is 9.94. The molecular formula is C20H20N8O2. The van der Waals surface area contributed by atoms with Crippen LogP contribution < -0.4 is 21.7 Å². The Balaban J connectivity index is 1.53. The number of nitrogens with two attached hydrogens (primary N) is 1. The highest BCUT2D eigenvalue weighted by molar-refractivity contribution is 6.15. The molecule has 1 aliphatic heterocycles. The smallest absolute Gasteiger partial charge is 0.254 e. The van der Waals surface area contributed by atoms with E-state index in [0.29, 0.717) is 34.7 Å². The Hall–Kier alpha value is -3.79. The van der Waals surface area contributed by atoms with Gasteiger partial charge in [0.15, 0.2) is 5.65 Å². The summed E-state index contributed by atoms with van der Waals surface area (Å²) in [5.74, 6) is 0.176. The second-order valence-electron chi connectivity index (χ2n) is 7.38. The molecule has 1 saturated carbocycles. The van der Waals surface area contributed by atoms with Crippen molar-refractivity contribution in [1.82, 2.24) is 24.9 Å². The van der Waals surface area contributed by atoms with Crippen molar-refractivity contribution in [3.8, 4) is 0 Å². The number of nitrogens with one attached hydrogen (secondary N) is 3. The highest BCUT2D eigenvalue weighted by Crippen LogP contribution is 2.26. The maximum Gasteiger partial charge on any atom is 0.254 e. The maximum atomic E-state index is 11.9. The number of aromatic nitrogens is 4. The van der Waals surface area contributed by atoms with E-state index in [9.17, 15) is 9.59 Å². The van der Waals surface area contributed by atoms with Crippen molar-refractivity contribution in [3.63, 3.8) is 0 Å². The standard InChI is InChI=1S/C20H20N8O2/c21-16(11-4-2-1-3-5-11)25-19-26-17-13(8-12-9-15(29)24-18(12)30)10-22-28(17)20(27-19)23-14-6-7-14/h1-5,8,10,14,16H,6-7,9,21H2,(H,24,29,30)(H2,23,25,26,27)/b12-8+. The average Bonchev–Trinajstić information content (AvgIpc) is 3.37. The number of nitrogens with zero attached hydrogens (tertiary/aromatic N) is 4. The van der Waals surface area contributed by atoms with E-state index >= 15 is 0 Å². The van der Waals surface area contributed by atoms with Crippen LogP contribution in [0.15, 0.2) is 42.1 Å². The van der Waals surface area contributed by atoms with Gasteiger partial charge in [0.05, 0.1) is 12.6 Å². The third-order valence-corrected chi connectivity index (χ3v) is 4.97. The lowest BCUT2D eigenvalue weighted by Gasteiger charge is -2.15. The number of carbonyl (C=O) groups is 2. The third kappa shape index (κ3) is 3.60. The van der Waals surface area contributed by atoms with E-state index in [4.69, 9.17) is 5.73 Å². The molecule has 1 atom stereocenters. The lowest BCUT2D eigenvalue weighted by molar-refractivity contribution is -0.124. The molecule has 10 nitrogen and oxygen atoms in total. The fraction of sp³-hybridized carbons (Fsp3) is 0.250. The lowest BCUT2D eigenvalue weighted by Crippen LogP contribution is -2.22. The fourth-order valence-corrected chi connectivity index (χ4v) is 3.26. The summed E-state index contributed by atoms with van der Waals surface area (Å²) in [5.41, 5.74) is 8.68. The number of rotatable bonds is 6. The van der Waals surface area contributed by atoms with Crippen molar-refractivity contribution in [2.45, 2.75) is 31.5 Å². The van der Waals surface area contributed by atoms with Crippen molar-refractivity contribution < 1.29 is 9.59 Å². The van der Waals surface area contributed by atoms with Gasteiger partial charge in [-0.15, -0.1) is 0 Å². The quantitative estimate of drug-likeness (QED) is 0.273. The Morgan fingerprint density at radius 2 is 2.00 bits per heavy atom. The van der Waals surface area contributed by atoms with Crippen LogP contribution in [0.3, 0.4) is 0 Å². The minimum atomic E-state index is -0.495. The third-order valence-electron chi connectivity index (χ3n) is 4.97. The van der Waals surface area contributed by atoms with Gasteiger partial charge >= 0.3 is 0 Å². The number of fused-ring (bicyclic) bond motifs is 1. The van der Waals surface area contributed by atoms with Crippen molar-refractivity contribution >= 4 is 35.4 Å². The topological polar surface area (TPSA) is 139 Å². The molecule has 1 unspecified atom stereocenters. The number of anilines is 2. The minimum absolute atomic E-state index is 0.0401. The summed E-state index contributed by atoms with van der Waals surface area (Å²) in [4.78, 5) is 32.6. The average molecular weight is 404 g/mol. The number of hydrogen-bond acceptors (Lipinski definition) is 8. The largest absolute Gasteiger partial charge is 0.351 e. The second-order valence-corrected chi connectivity index (χ2v) is 7.38. The SMILES string of the molecule is NC(Nc1nc(NC2CC2)n2ncc(/C=C3\CC(=O)NC3=O)c2n1)c1ccccc1. The van der Waals surface area contributed by atoms with Gasteiger partial charge in [0.25, 0.3) is 5.91 Å². The van der Waals surface area contributed by atoms with E-state index < -0.39 is 12.1 Å². The fourth-order valence-electron chi connectivity index (χ4n) is 3.26. The Labute approximate surface area is 171 Å². The van der Waals surface area contributed by atoms with E-state index in [1.54, 1.807) is 16.8 Å². The molecule has 0 bridgehead atoms. The Morgan fingerprint density at radius 1 is 1.20 bits per heavy atom. The van der Waals surface area contributed by atoms with Crippen LogP contribution in [0.1, 0.15) is 36.6 Å². The van der Waals surface area contributed by atoms with Crippen LogP contribution in [0.4, 0.5) is 11.9 Å². The number of carbonyl (C=O) groups excluding carboxylic acids is 2. The van der Waals surface area contributed by atoms with Gasteiger partial charge in [-0.25, -0.2) is 0 Å². The maximum absolute atomic E-state index is 11.9. The van der Waals surface area contributed by atoms with Crippen LogP contribution in [0, 0.1) is 0 Å². The summed E-state index contributed by atoms with van der Waals surface area (Å²) in [5, 5.41) is 13.1. The predicted octanol–water partition coefficient (Wildman–Crippen LogP) is 1.20. The van der Waals surface area contributed by atoms with Gasteiger partial charge in [0, 0.05) is 17.2 Å². The summed E-state index contributed by atoms with van der Waals surface area (Å²) in [6.45, 7) is 0. The van der Waals surface area contributed by atoms with Crippen molar-refractivity contribution in [2.24, 2.45) is 5.73 Å². The van der Waals surface area contributed by atoms with Crippen LogP contribution in [0.5, 0.6) is 0 Å². The van der Waals surface area contributed by atoms with Crippen LogP contribution in [-0.2, 0) is 9.59 Å². The zero-order valence-corrected chi connectivity index (χ0v) is 16.0. The van der Waals surface area contributed by atoms with E-state index in [-0.39, 0.29) is 12.3 Å². The molecule has 152 valence electrons. The van der Waals surface area contributed by atoms with E-state index in [2.05, 4.69) is 31.0 Å². The van der Waals surface area contributed by atoms with Crippen LogP contribution in [0.25, 0.3) is 11.7 Å². The highest BCUT2D eigenvalue weighted by atomic mass is 16.2. The normalized spacial score (nSPS) is 18.6. The number of benzene rings is 1. The number of amides is 2. The zero-order valence-electron chi connectivity index (χ0n) is 16.0. The molecule has 2 aromatic heterocycles. The number of hydrogen-bond donors (Lipinski definition) is 4. The van der Waals surface area contributed by atoms with Crippen LogP contribution in [-0.4, -0.2) is 37.4 Å². The Kier molecular flexibility index (Phi) is 4.40. The molecule has 30 heavy (non-hydrogen) atoms. The van der Waals surface area contributed by atoms with Crippen LogP contribution in [0.2, 0.25) is 0 Å². The minimum Gasteiger partial charge on any atom is -0.351 e. The molecule has 5 rings (SSSR count). The molecule has 1 aromatic carbocycles. The van der Waals surface area contributed by atoms with Gasteiger partial charge in [0.1, 0.15) is 6.17 Å². The molecule has 1 saturated heterocycles. The second kappa shape index (κ2) is 7.23. The lowest BCUT2D eigenvalue weighted by atomic mass is 10.1. The molecule has 2 aliphatic rings. The zero-order chi connectivity index (χ0) is 20.7. The van der Waals surface area contributed by atoms with Gasteiger partial charge in [-0.3, -0.25) is 14.9 Å². The van der Waals surface area contributed by atoms with E-state index in [0.717, 1.165) is 18.4 Å². The molecule has 3 heterocycles. The molecule has 5 N–H and O–H groups in total. The molecular weight excluding hydrogens is 384 g/mol. The van der Waals surface area contributed by atoms with Crippen molar-refractivity contribution in [3.05, 3.63) is 53.2 Å². The van der Waals surface area contributed by atoms with Gasteiger partial charge in [0.2, 0.25) is 17.8 Å². The molecule has 2 fully saturated rings. The molecule has 3 aromatic rings. The van der Waals surface area contributed by atoms with Crippen molar-refractivity contribution in [1.29, 1.82) is 0 Å². The summed E-state index contributed by atoms with van der Waals surface area (Å²) in [7, 11) is 0. The first kappa shape index (κ1) is 18.3. The first-order chi connectivity index (χ1) is 14.6. The van der Waals surface area contributed by atoms with Crippen LogP contribution >= 0.6 is 0 Å². The van der Waals surface area contributed by atoms with E-state index in [1.165, 1.54) is 0 Å². The predicted molar refractivity (Wildman–Crippen MR) is 110 cm³/mol. The van der Waals surface area contributed by atoms with Gasteiger partial charge < -0.3 is 16.4 Å². The molecule has 10 heteroatoms. The Bertz CT molecular complexity index is 1170. The van der Waals surface area contributed by atoms with Gasteiger partial charge in [-0.05, 0) is 24.5 Å². The van der Waals surface area contributed by atoms with Gasteiger partial charge in [-0.2, -0.15) is 19.6 Å². The summed E-state index contributed by atoms with van der Waals surface area (Å²) < 4.78 is 1.60. The summed E-state index contributed by atoms with van der Waals surface area (Å²) >= 11 is 0. The molecule has 1 aliphatic carbocycles. The summed E-state index contributed by atoms with van der Waals surface area (Å²) in [6.07, 6.45) is 4.92. The number of imide groups is 1. The molecule has 0 radical (unpaired) electrons. The van der Waals surface area contributed by atoms with Gasteiger partial charge in [-0.1, -0.05) is 30.3 Å². The van der Waals surface area contributed by atoms with E-state index in [1.807, 2.05) is 30.3 Å². The first-order valence-electron chi connectivity index (χ1n) is 9.71. The first-order valence-corrected chi connectivity index (χ1v) is 9.71. The van der Waals surface area contributed by atoms with Crippen molar-refractivity contribution in [2.75, 3.05) is 10.6 Å².